The third kappa shape index (κ3) is 2.52. The highest BCUT2D eigenvalue weighted by Crippen LogP contribution is 2.22. The van der Waals surface area contributed by atoms with Crippen LogP contribution in [0.1, 0.15) is 6.92 Å². The molecule has 0 unspecified atom stereocenters. The van der Waals surface area contributed by atoms with E-state index in [-0.39, 0.29) is 0 Å². The average molecular weight is 192 g/mol. The molecule has 0 aliphatic carbocycles. The lowest BCUT2D eigenvalue weighted by Crippen LogP contribution is -2.16. The van der Waals surface area contributed by atoms with Crippen LogP contribution in [0, 0.1) is 0 Å². The standard InChI is InChI=1S/C8H7NO.C2H4O2/c10-8-5-9-7-4-2-1-3-6(7)8;1-2(3)4/h1-5,9-10H;1H3,(H,3,4)/p-1. The second-order valence-electron chi connectivity index (χ2n) is 2.71. The van der Waals surface area contributed by atoms with Crippen molar-refractivity contribution < 1.29 is 15.0 Å². The van der Waals surface area contributed by atoms with Crippen LogP contribution in [0.5, 0.6) is 5.75 Å². The van der Waals surface area contributed by atoms with Gasteiger partial charge in [0.05, 0.1) is 0 Å². The van der Waals surface area contributed by atoms with E-state index in [1.807, 2.05) is 24.3 Å². The number of carbonyl (C=O) groups is 1. The van der Waals surface area contributed by atoms with Crippen molar-refractivity contribution in [2.24, 2.45) is 0 Å². The Bertz CT molecular complexity index is 430. The number of aliphatic carboxylic acids is 1. The number of aromatic hydroxyl groups is 1. The maximum absolute atomic E-state index is 9.18. The highest BCUT2D eigenvalue weighted by molar-refractivity contribution is 5.85. The van der Waals surface area contributed by atoms with Crippen molar-refractivity contribution in [1.82, 2.24) is 4.98 Å². The van der Waals surface area contributed by atoms with Crippen molar-refractivity contribution in [1.29, 1.82) is 0 Å². The number of benzene rings is 1. The summed E-state index contributed by atoms with van der Waals surface area (Å²) in [6.45, 7) is 0.972. The number of rotatable bonds is 0. The van der Waals surface area contributed by atoms with Gasteiger partial charge in [-0.3, -0.25) is 0 Å². The Kier molecular flexibility index (Phi) is 3.12. The molecule has 2 aromatic rings. The van der Waals surface area contributed by atoms with Gasteiger partial charge in [0.2, 0.25) is 0 Å². The van der Waals surface area contributed by atoms with Crippen LogP contribution in [0.15, 0.2) is 30.5 Å². The SMILES string of the molecule is CC(=O)[O-].Oc1c[nH]c2ccccc12. The normalized spacial score (nSPS) is 9.21. The van der Waals surface area contributed by atoms with E-state index in [0.29, 0.717) is 5.75 Å². The van der Waals surface area contributed by atoms with Crippen molar-refractivity contribution in [3.8, 4) is 5.75 Å². The number of carboxylic acid groups (broad SMARTS) is 1. The van der Waals surface area contributed by atoms with Gasteiger partial charge in [-0.05, 0) is 19.1 Å². The Labute approximate surface area is 80.8 Å². The van der Waals surface area contributed by atoms with Gasteiger partial charge in [0.15, 0.2) is 0 Å². The molecule has 14 heavy (non-hydrogen) atoms. The summed E-state index contributed by atoms with van der Waals surface area (Å²) in [5.41, 5.74) is 0.972. The number of fused-ring (bicyclic) bond motifs is 1. The van der Waals surface area contributed by atoms with Gasteiger partial charge in [0, 0.05) is 23.1 Å². The molecule has 0 fully saturated rings. The Balaban J connectivity index is 0.000000213. The fourth-order valence-corrected chi connectivity index (χ4v) is 1.06. The number of carboxylic acids is 1. The molecule has 0 aliphatic rings. The van der Waals surface area contributed by atoms with E-state index in [2.05, 4.69) is 4.98 Å². The van der Waals surface area contributed by atoms with Gasteiger partial charge in [-0.2, -0.15) is 0 Å². The summed E-state index contributed by atoms with van der Waals surface area (Å²) in [6.07, 6.45) is 1.59. The van der Waals surface area contributed by atoms with Gasteiger partial charge >= 0.3 is 0 Å². The summed E-state index contributed by atoms with van der Waals surface area (Å²) in [5, 5.41) is 18.9. The van der Waals surface area contributed by atoms with Crippen LogP contribution in [-0.2, 0) is 4.79 Å². The molecule has 4 nitrogen and oxygen atoms in total. The number of H-pyrrole nitrogens is 1. The minimum atomic E-state index is -1.08. The van der Waals surface area contributed by atoms with E-state index in [4.69, 9.17) is 9.90 Å². The Hall–Kier alpha value is -1.97. The van der Waals surface area contributed by atoms with Crippen molar-refractivity contribution in [2.75, 3.05) is 0 Å². The van der Waals surface area contributed by atoms with Gasteiger partial charge in [-0.1, -0.05) is 12.1 Å². The molecule has 1 aromatic carbocycles. The fraction of sp³-hybridized carbons (Fsp3) is 0.100. The molecule has 0 aliphatic heterocycles. The van der Waals surface area contributed by atoms with Crippen LogP contribution >= 0.6 is 0 Å². The van der Waals surface area contributed by atoms with E-state index in [9.17, 15) is 5.11 Å². The first-order valence-electron chi connectivity index (χ1n) is 4.04. The van der Waals surface area contributed by atoms with Crippen LogP contribution in [0.3, 0.4) is 0 Å². The lowest BCUT2D eigenvalue weighted by Gasteiger charge is -1.86. The Morgan fingerprint density at radius 1 is 1.43 bits per heavy atom. The second kappa shape index (κ2) is 4.32. The smallest absolute Gasteiger partial charge is 0.140 e. The zero-order chi connectivity index (χ0) is 10.6. The average Bonchev–Trinajstić information content (AvgIpc) is 2.48. The molecule has 0 saturated carbocycles. The highest BCUT2D eigenvalue weighted by Gasteiger charge is 1.97. The molecule has 0 radical (unpaired) electrons. The summed E-state index contributed by atoms with van der Waals surface area (Å²) >= 11 is 0. The Morgan fingerprint density at radius 2 is 2.00 bits per heavy atom. The number of aromatic amines is 1. The summed E-state index contributed by atoms with van der Waals surface area (Å²) in [4.78, 5) is 11.8. The fourth-order valence-electron chi connectivity index (χ4n) is 1.06. The first-order valence-corrected chi connectivity index (χ1v) is 4.04. The predicted octanol–water partition coefficient (Wildman–Crippen LogP) is 0.630. The van der Waals surface area contributed by atoms with Crippen molar-refractivity contribution >= 4 is 16.9 Å². The zero-order valence-corrected chi connectivity index (χ0v) is 7.65. The molecule has 1 heterocycles. The monoisotopic (exact) mass is 192 g/mol. The number of hydrogen-bond acceptors (Lipinski definition) is 3. The first-order chi connectivity index (χ1) is 6.61. The molecular weight excluding hydrogens is 182 g/mol. The predicted molar refractivity (Wildman–Crippen MR) is 50.6 cm³/mol. The molecule has 4 heteroatoms. The molecule has 0 saturated heterocycles. The lowest BCUT2D eigenvalue weighted by molar-refractivity contribution is -0.302. The van der Waals surface area contributed by atoms with E-state index < -0.39 is 5.97 Å². The first kappa shape index (κ1) is 10.1. The number of hydrogen-bond donors (Lipinski definition) is 2. The van der Waals surface area contributed by atoms with E-state index in [0.717, 1.165) is 17.8 Å². The topological polar surface area (TPSA) is 76.2 Å². The van der Waals surface area contributed by atoms with Gasteiger partial charge in [-0.25, -0.2) is 0 Å². The minimum Gasteiger partial charge on any atom is -0.550 e. The molecule has 2 rings (SSSR count). The van der Waals surface area contributed by atoms with Crippen LogP contribution < -0.4 is 5.11 Å². The molecule has 74 valence electrons. The van der Waals surface area contributed by atoms with Crippen LogP contribution in [0.25, 0.3) is 10.9 Å². The van der Waals surface area contributed by atoms with Crippen molar-refractivity contribution in [3.63, 3.8) is 0 Å². The maximum Gasteiger partial charge on any atom is 0.140 e. The van der Waals surface area contributed by atoms with Gasteiger partial charge in [0.1, 0.15) is 5.75 Å². The highest BCUT2D eigenvalue weighted by atomic mass is 16.4. The molecule has 0 atom stereocenters. The summed E-state index contributed by atoms with van der Waals surface area (Å²) < 4.78 is 0. The van der Waals surface area contributed by atoms with E-state index >= 15 is 0 Å². The maximum atomic E-state index is 9.18. The van der Waals surface area contributed by atoms with Crippen molar-refractivity contribution in [2.45, 2.75) is 6.92 Å². The number of para-hydroxylation sites is 1. The summed E-state index contributed by atoms with van der Waals surface area (Å²) in [7, 11) is 0. The second-order valence-corrected chi connectivity index (χ2v) is 2.71. The molecule has 2 N–H and O–H groups in total. The number of aromatic nitrogens is 1. The van der Waals surface area contributed by atoms with E-state index in [1.165, 1.54) is 0 Å². The molecular formula is C10H10NO3-. The van der Waals surface area contributed by atoms with Crippen LogP contribution in [-0.4, -0.2) is 16.1 Å². The quantitative estimate of drug-likeness (QED) is 0.642. The van der Waals surface area contributed by atoms with Crippen LogP contribution in [0.2, 0.25) is 0 Å². The molecule has 0 spiro atoms. The van der Waals surface area contributed by atoms with Gasteiger partial charge < -0.3 is 20.0 Å². The van der Waals surface area contributed by atoms with Gasteiger partial charge in [-0.15, -0.1) is 0 Å². The van der Waals surface area contributed by atoms with E-state index in [1.54, 1.807) is 6.20 Å². The number of carbonyl (C=O) groups excluding carboxylic acids is 1. The molecule has 1 aromatic heterocycles. The molecule has 0 amide bonds. The summed E-state index contributed by atoms with van der Waals surface area (Å²) in [6, 6.07) is 7.63. The third-order valence-corrected chi connectivity index (χ3v) is 1.57. The minimum absolute atomic E-state index is 0.315. The Morgan fingerprint density at radius 3 is 2.57 bits per heavy atom. The molecule has 0 bridgehead atoms. The van der Waals surface area contributed by atoms with Gasteiger partial charge in [0.25, 0.3) is 0 Å². The van der Waals surface area contributed by atoms with Crippen LogP contribution in [0.4, 0.5) is 0 Å². The van der Waals surface area contributed by atoms with Crippen molar-refractivity contribution in [3.05, 3.63) is 30.5 Å². The third-order valence-electron chi connectivity index (χ3n) is 1.57. The zero-order valence-electron chi connectivity index (χ0n) is 7.65. The number of nitrogens with one attached hydrogen (secondary N) is 1. The largest absolute Gasteiger partial charge is 0.550 e. The lowest BCUT2D eigenvalue weighted by atomic mass is 10.2. The summed E-state index contributed by atoms with van der Waals surface area (Å²) in [5.74, 6) is -0.768.